The first-order valence-corrected chi connectivity index (χ1v) is 8.14. The van der Waals surface area contributed by atoms with Gasteiger partial charge < -0.3 is 14.8 Å². The molecule has 0 spiro atoms. The molecule has 0 saturated carbocycles. The minimum absolute atomic E-state index is 0.622. The minimum atomic E-state index is 0.622. The molecule has 0 radical (unpaired) electrons. The number of likely N-dealkylation sites (N-methyl/N-ethyl adjacent to an activating group) is 1. The highest BCUT2D eigenvalue weighted by Crippen LogP contribution is 2.35. The van der Waals surface area contributed by atoms with Crippen LogP contribution in [0.3, 0.4) is 0 Å². The normalized spacial score (nSPS) is 24.0. The van der Waals surface area contributed by atoms with Crippen LogP contribution in [0.4, 0.5) is 5.82 Å². The van der Waals surface area contributed by atoms with Crippen molar-refractivity contribution in [3.63, 3.8) is 0 Å². The number of benzene rings is 1. The van der Waals surface area contributed by atoms with E-state index in [1.165, 1.54) is 11.9 Å². The highest BCUT2D eigenvalue weighted by Gasteiger charge is 2.45. The van der Waals surface area contributed by atoms with Crippen molar-refractivity contribution >= 4 is 16.7 Å². The van der Waals surface area contributed by atoms with Crippen molar-refractivity contribution in [2.24, 2.45) is 5.92 Å². The Hall–Kier alpha value is -2.40. The molecule has 2 atom stereocenters. The molecule has 2 unspecified atom stereocenters. The number of H-pyrrole nitrogens is 1. The van der Waals surface area contributed by atoms with Gasteiger partial charge in [0.15, 0.2) is 5.82 Å². The number of aromatic amines is 1. The molecule has 4 heterocycles. The Morgan fingerprint density at radius 2 is 2.00 bits per heavy atom. The number of aromatic nitrogens is 3. The van der Waals surface area contributed by atoms with Gasteiger partial charge in [0.05, 0.1) is 5.69 Å². The van der Waals surface area contributed by atoms with E-state index in [0.717, 1.165) is 41.6 Å². The van der Waals surface area contributed by atoms with E-state index in [2.05, 4.69) is 68.4 Å². The predicted octanol–water partition coefficient (Wildman–Crippen LogP) is 2.38. The van der Waals surface area contributed by atoms with E-state index in [0.29, 0.717) is 6.04 Å². The molecule has 5 nitrogen and oxygen atoms in total. The van der Waals surface area contributed by atoms with Crippen LogP contribution >= 0.6 is 0 Å². The van der Waals surface area contributed by atoms with Crippen LogP contribution in [0.1, 0.15) is 0 Å². The van der Waals surface area contributed by atoms with E-state index >= 15 is 0 Å². The van der Waals surface area contributed by atoms with Gasteiger partial charge in [-0.3, -0.25) is 0 Å². The second kappa shape index (κ2) is 4.80. The van der Waals surface area contributed by atoms with Crippen molar-refractivity contribution in [3.05, 3.63) is 42.6 Å². The molecule has 2 aliphatic rings. The van der Waals surface area contributed by atoms with Crippen LogP contribution in [0.2, 0.25) is 0 Å². The fourth-order valence-electron chi connectivity index (χ4n) is 3.96. The largest absolute Gasteiger partial charge is 0.361 e. The van der Waals surface area contributed by atoms with Crippen LogP contribution < -0.4 is 4.90 Å². The summed E-state index contributed by atoms with van der Waals surface area (Å²) < 4.78 is 0. The molecule has 3 aromatic rings. The molecule has 0 bridgehead atoms. The first-order chi connectivity index (χ1) is 11.3. The SMILES string of the molecule is CN1CC2CN(c3ccc(-c4ccc5[nH]ccc5c4)nn3)C2C1. The summed E-state index contributed by atoms with van der Waals surface area (Å²) in [6.07, 6.45) is 1.96. The molecule has 2 saturated heterocycles. The fraction of sp³-hybridized carbons (Fsp3) is 0.333. The fourth-order valence-corrected chi connectivity index (χ4v) is 3.96. The van der Waals surface area contributed by atoms with Gasteiger partial charge in [-0.25, -0.2) is 0 Å². The smallest absolute Gasteiger partial charge is 0.151 e. The number of nitrogens with one attached hydrogen (secondary N) is 1. The van der Waals surface area contributed by atoms with Gasteiger partial charge in [0.2, 0.25) is 0 Å². The maximum absolute atomic E-state index is 4.48. The van der Waals surface area contributed by atoms with Gasteiger partial charge in [0, 0.05) is 54.3 Å². The molecule has 2 fully saturated rings. The lowest BCUT2D eigenvalue weighted by molar-refractivity contribution is 0.357. The van der Waals surface area contributed by atoms with Crippen LogP contribution in [-0.4, -0.2) is 52.8 Å². The average molecular weight is 305 g/mol. The number of hydrogen-bond donors (Lipinski definition) is 1. The summed E-state index contributed by atoms with van der Waals surface area (Å²) >= 11 is 0. The Kier molecular flexibility index (Phi) is 2.73. The molecule has 23 heavy (non-hydrogen) atoms. The lowest BCUT2D eigenvalue weighted by Crippen LogP contribution is -2.56. The summed E-state index contributed by atoms with van der Waals surface area (Å²) in [5, 5.41) is 10.1. The number of hydrogen-bond acceptors (Lipinski definition) is 4. The molecule has 2 aromatic heterocycles. The lowest BCUT2D eigenvalue weighted by Gasteiger charge is -2.44. The van der Waals surface area contributed by atoms with Crippen molar-refractivity contribution in [3.8, 4) is 11.3 Å². The predicted molar refractivity (Wildman–Crippen MR) is 91.4 cm³/mol. The molecule has 1 aromatic carbocycles. The number of nitrogens with zero attached hydrogens (tertiary/aromatic N) is 4. The molecule has 116 valence electrons. The summed E-state index contributed by atoms with van der Waals surface area (Å²) in [6.45, 7) is 3.46. The standard InChI is InChI=1S/C18H19N5/c1-22-9-14-10-23(17(14)11-22)18-5-4-16(20-21-18)12-2-3-15-13(8-12)6-7-19-15/h2-8,14,17,19H,9-11H2,1H3. The Labute approximate surface area is 134 Å². The highest BCUT2D eigenvalue weighted by atomic mass is 15.4. The van der Waals surface area contributed by atoms with Gasteiger partial charge in [-0.05, 0) is 37.4 Å². The molecule has 0 aliphatic carbocycles. The van der Waals surface area contributed by atoms with E-state index < -0.39 is 0 Å². The molecule has 1 N–H and O–H groups in total. The number of likely N-dealkylation sites (tertiary alicyclic amines) is 1. The third kappa shape index (κ3) is 2.04. The van der Waals surface area contributed by atoms with E-state index in [1.807, 2.05) is 6.20 Å². The van der Waals surface area contributed by atoms with Crippen LogP contribution in [0.25, 0.3) is 22.2 Å². The zero-order valence-electron chi connectivity index (χ0n) is 13.1. The lowest BCUT2D eigenvalue weighted by atomic mass is 9.92. The van der Waals surface area contributed by atoms with Crippen molar-refractivity contribution in [1.29, 1.82) is 0 Å². The zero-order valence-corrected chi connectivity index (χ0v) is 13.1. The quantitative estimate of drug-likeness (QED) is 0.790. The van der Waals surface area contributed by atoms with Crippen molar-refractivity contribution in [2.75, 3.05) is 31.6 Å². The average Bonchev–Trinajstić information content (AvgIpc) is 3.14. The number of anilines is 1. The van der Waals surface area contributed by atoms with Crippen LogP contribution in [0.15, 0.2) is 42.6 Å². The monoisotopic (exact) mass is 305 g/mol. The van der Waals surface area contributed by atoms with Crippen molar-refractivity contribution in [1.82, 2.24) is 20.1 Å². The summed E-state index contributed by atoms with van der Waals surface area (Å²) in [5.74, 6) is 1.81. The van der Waals surface area contributed by atoms with Crippen LogP contribution in [-0.2, 0) is 0 Å². The number of rotatable bonds is 2. The Morgan fingerprint density at radius 1 is 1.04 bits per heavy atom. The van der Waals surface area contributed by atoms with Crippen molar-refractivity contribution in [2.45, 2.75) is 6.04 Å². The molecular formula is C18H19N5. The molecule has 5 heteroatoms. The Morgan fingerprint density at radius 3 is 2.83 bits per heavy atom. The van der Waals surface area contributed by atoms with Crippen LogP contribution in [0.5, 0.6) is 0 Å². The summed E-state index contributed by atoms with van der Waals surface area (Å²) in [4.78, 5) is 8.01. The third-order valence-corrected chi connectivity index (χ3v) is 5.21. The molecule has 0 amide bonds. The first-order valence-electron chi connectivity index (χ1n) is 8.14. The third-order valence-electron chi connectivity index (χ3n) is 5.21. The van der Waals surface area contributed by atoms with E-state index in [1.54, 1.807) is 0 Å². The Bertz CT molecular complexity index is 853. The molecule has 5 rings (SSSR count). The summed E-state index contributed by atoms with van der Waals surface area (Å²) in [6, 6.07) is 13.2. The van der Waals surface area contributed by atoms with Gasteiger partial charge >= 0.3 is 0 Å². The van der Waals surface area contributed by atoms with E-state index in [-0.39, 0.29) is 0 Å². The van der Waals surface area contributed by atoms with Gasteiger partial charge in [-0.2, -0.15) is 0 Å². The minimum Gasteiger partial charge on any atom is -0.361 e. The Balaban J connectivity index is 1.41. The second-order valence-corrected chi connectivity index (χ2v) is 6.76. The summed E-state index contributed by atoms with van der Waals surface area (Å²) in [7, 11) is 2.20. The zero-order chi connectivity index (χ0) is 15.4. The number of fused-ring (bicyclic) bond motifs is 2. The first kappa shape index (κ1) is 13.1. The van der Waals surface area contributed by atoms with E-state index in [4.69, 9.17) is 0 Å². The molecule has 2 aliphatic heterocycles. The van der Waals surface area contributed by atoms with Gasteiger partial charge in [0.25, 0.3) is 0 Å². The summed E-state index contributed by atoms with van der Waals surface area (Å²) in [5.41, 5.74) is 3.19. The van der Waals surface area contributed by atoms with Crippen molar-refractivity contribution < 1.29 is 0 Å². The van der Waals surface area contributed by atoms with Gasteiger partial charge in [-0.1, -0.05) is 6.07 Å². The van der Waals surface area contributed by atoms with Crippen LogP contribution in [0, 0.1) is 5.92 Å². The van der Waals surface area contributed by atoms with E-state index in [9.17, 15) is 0 Å². The topological polar surface area (TPSA) is 48.0 Å². The second-order valence-electron chi connectivity index (χ2n) is 6.76. The highest BCUT2D eigenvalue weighted by molar-refractivity contribution is 5.84. The van der Waals surface area contributed by atoms with Gasteiger partial charge in [0.1, 0.15) is 0 Å². The molecular weight excluding hydrogens is 286 g/mol. The maximum atomic E-state index is 4.48. The maximum Gasteiger partial charge on any atom is 0.151 e. The van der Waals surface area contributed by atoms with Gasteiger partial charge in [-0.15, -0.1) is 10.2 Å².